The second-order valence-corrected chi connectivity index (χ2v) is 3.96. The zero-order valence-electron chi connectivity index (χ0n) is 10.3. The van der Waals surface area contributed by atoms with Crippen LogP contribution in [0, 0.1) is 0 Å². The highest BCUT2D eigenvalue weighted by atomic mass is 16.3. The van der Waals surface area contributed by atoms with Crippen LogP contribution < -0.4 is 10.6 Å². The number of rotatable bonds is 5. The van der Waals surface area contributed by atoms with E-state index in [4.69, 9.17) is 4.42 Å². The maximum atomic E-state index is 11.4. The van der Waals surface area contributed by atoms with Crippen LogP contribution in [0.15, 0.2) is 47.1 Å². The van der Waals surface area contributed by atoms with E-state index in [9.17, 15) is 4.79 Å². The summed E-state index contributed by atoms with van der Waals surface area (Å²) in [6.45, 7) is 1.44. The molecular formula is C14H16N2O2. The van der Waals surface area contributed by atoms with Crippen molar-refractivity contribution in [2.45, 2.75) is 13.1 Å². The van der Waals surface area contributed by atoms with Crippen molar-refractivity contribution >= 4 is 5.91 Å². The van der Waals surface area contributed by atoms with Crippen molar-refractivity contribution in [3.05, 3.63) is 59.5 Å². The molecule has 18 heavy (non-hydrogen) atoms. The summed E-state index contributed by atoms with van der Waals surface area (Å²) in [5, 5.41) is 5.87. The van der Waals surface area contributed by atoms with Gasteiger partial charge >= 0.3 is 0 Å². The Morgan fingerprint density at radius 1 is 1.17 bits per heavy atom. The van der Waals surface area contributed by atoms with E-state index in [1.54, 1.807) is 13.3 Å². The van der Waals surface area contributed by atoms with Crippen LogP contribution in [0.5, 0.6) is 0 Å². The van der Waals surface area contributed by atoms with Crippen molar-refractivity contribution in [1.29, 1.82) is 0 Å². The highest BCUT2D eigenvalue weighted by Crippen LogP contribution is 2.05. The van der Waals surface area contributed by atoms with Crippen LogP contribution in [0.4, 0.5) is 0 Å². The van der Waals surface area contributed by atoms with Gasteiger partial charge in [-0.25, -0.2) is 0 Å². The number of carbonyl (C=O) groups excluding carboxylic acids is 1. The predicted octanol–water partition coefficient (Wildman–Crippen LogP) is 1.93. The van der Waals surface area contributed by atoms with E-state index < -0.39 is 0 Å². The fourth-order valence-electron chi connectivity index (χ4n) is 1.66. The summed E-state index contributed by atoms with van der Waals surface area (Å²) in [6, 6.07) is 11.3. The van der Waals surface area contributed by atoms with E-state index in [0.29, 0.717) is 12.1 Å². The Labute approximate surface area is 106 Å². The van der Waals surface area contributed by atoms with E-state index in [-0.39, 0.29) is 5.91 Å². The maximum Gasteiger partial charge on any atom is 0.251 e. The Balaban J connectivity index is 1.85. The Hall–Kier alpha value is -2.07. The summed E-state index contributed by atoms with van der Waals surface area (Å²) in [7, 11) is 1.63. The van der Waals surface area contributed by atoms with Crippen LogP contribution in [-0.4, -0.2) is 13.0 Å². The minimum Gasteiger partial charge on any atom is -0.468 e. The molecule has 0 unspecified atom stereocenters. The van der Waals surface area contributed by atoms with E-state index >= 15 is 0 Å². The first-order valence-corrected chi connectivity index (χ1v) is 5.83. The zero-order valence-corrected chi connectivity index (χ0v) is 10.3. The monoisotopic (exact) mass is 244 g/mol. The van der Waals surface area contributed by atoms with E-state index in [2.05, 4.69) is 10.6 Å². The molecule has 1 aromatic heterocycles. The first-order valence-electron chi connectivity index (χ1n) is 5.83. The van der Waals surface area contributed by atoms with Crippen LogP contribution in [0.25, 0.3) is 0 Å². The van der Waals surface area contributed by atoms with Gasteiger partial charge in [-0.2, -0.15) is 0 Å². The fourth-order valence-corrected chi connectivity index (χ4v) is 1.66. The number of carbonyl (C=O) groups is 1. The largest absolute Gasteiger partial charge is 0.468 e. The molecule has 4 nitrogen and oxygen atoms in total. The molecule has 1 amide bonds. The molecule has 1 aromatic carbocycles. The Morgan fingerprint density at radius 3 is 2.56 bits per heavy atom. The van der Waals surface area contributed by atoms with Gasteiger partial charge in [-0.3, -0.25) is 4.79 Å². The summed E-state index contributed by atoms with van der Waals surface area (Å²) in [6.07, 6.45) is 1.66. The van der Waals surface area contributed by atoms with Gasteiger partial charge in [0.15, 0.2) is 0 Å². The van der Waals surface area contributed by atoms with Gasteiger partial charge in [0.1, 0.15) is 5.76 Å². The van der Waals surface area contributed by atoms with Gasteiger partial charge in [0.05, 0.1) is 12.8 Å². The summed E-state index contributed by atoms with van der Waals surface area (Å²) < 4.78 is 5.22. The van der Waals surface area contributed by atoms with Gasteiger partial charge in [-0.05, 0) is 29.8 Å². The third kappa shape index (κ3) is 3.21. The van der Waals surface area contributed by atoms with Gasteiger partial charge in [-0.15, -0.1) is 0 Å². The van der Waals surface area contributed by atoms with Crippen molar-refractivity contribution in [1.82, 2.24) is 10.6 Å². The molecule has 0 aliphatic carbocycles. The second kappa shape index (κ2) is 6.02. The van der Waals surface area contributed by atoms with Crippen LogP contribution in [0.2, 0.25) is 0 Å². The number of hydrogen-bond acceptors (Lipinski definition) is 3. The molecule has 2 aromatic rings. The normalized spacial score (nSPS) is 10.3. The van der Waals surface area contributed by atoms with Crippen LogP contribution >= 0.6 is 0 Å². The molecule has 0 saturated carbocycles. The number of furan rings is 1. The molecular weight excluding hydrogens is 228 g/mol. The number of hydrogen-bond donors (Lipinski definition) is 2. The summed E-state index contributed by atoms with van der Waals surface area (Å²) in [5.41, 5.74) is 1.81. The average molecular weight is 244 g/mol. The molecule has 4 heteroatoms. The lowest BCUT2D eigenvalue weighted by molar-refractivity contribution is 0.0963. The molecule has 0 spiro atoms. The van der Waals surface area contributed by atoms with Gasteiger partial charge in [0, 0.05) is 19.2 Å². The first-order chi connectivity index (χ1) is 8.79. The van der Waals surface area contributed by atoms with Crippen molar-refractivity contribution in [3.63, 3.8) is 0 Å². The van der Waals surface area contributed by atoms with Gasteiger partial charge in [-0.1, -0.05) is 12.1 Å². The first kappa shape index (κ1) is 12.4. The molecule has 0 fully saturated rings. The lowest BCUT2D eigenvalue weighted by Crippen LogP contribution is -2.18. The Morgan fingerprint density at radius 2 is 1.94 bits per heavy atom. The smallest absolute Gasteiger partial charge is 0.251 e. The van der Waals surface area contributed by atoms with Gasteiger partial charge in [0.25, 0.3) is 5.91 Å². The molecule has 0 radical (unpaired) electrons. The summed E-state index contributed by atoms with van der Waals surface area (Å²) >= 11 is 0. The molecule has 94 valence electrons. The highest BCUT2D eigenvalue weighted by Gasteiger charge is 2.02. The topological polar surface area (TPSA) is 54.3 Å². The number of benzene rings is 1. The van der Waals surface area contributed by atoms with Gasteiger partial charge in [0.2, 0.25) is 0 Å². The van der Waals surface area contributed by atoms with Crippen molar-refractivity contribution < 1.29 is 9.21 Å². The van der Waals surface area contributed by atoms with Crippen molar-refractivity contribution in [2.75, 3.05) is 7.05 Å². The number of nitrogens with one attached hydrogen (secondary N) is 2. The number of amides is 1. The molecule has 0 atom stereocenters. The maximum absolute atomic E-state index is 11.4. The molecule has 0 aliphatic rings. The fraction of sp³-hybridized carbons (Fsp3) is 0.214. The SMILES string of the molecule is CNC(=O)c1ccc(CNCc2ccco2)cc1. The second-order valence-electron chi connectivity index (χ2n) is 3.96. The standard InChI is InChI=1S/C14H16N2O2/c1-15-14(17)12-6-4-11(5-7-12)9-16-10-13-3-2-8-18-13/h2-8,16H,9-10H2,1H3,(H,15,17). The van der Waals surface area contributed by atoms with Crippen LogP contribution in [0.1, 0.15) is 21.7 Å². The molecule has 0 bridgehead atoms. The molecule has 2 rings (SSSR count). The summed E-state index contributed by atoms with van der Waals surface area (Å²) in [5.74, 6) is 0.849. The molecule has 2 N–H and O–H groups in total. The minimum atomic E-state index is -0.0647. The quantitative estimate of drug-likeness (QED) is 0.845. The lowest BCUT2D eigenvalue weighted by Gasteiger charge is -2.04. The summed E-state index contributed by atoms with van der Waals surface area (Å²) in [4.78, 5) is 11.4. The van der Waals surface area contributed by atoms with Crippen molar-refractivity contribution in [3.8, 4) is 0 Å². The zero-order chi connectivity index (χ0) is 12.8. The van der Waals surface area contributed by atoms with Crippen LogP contribution in [0.3, 0.4) is 0 Å². The van der Waals surface area contributed by atoms with Crippen LogP contribution in [-0.2, 0) is 13.1 Å². The lowest BCUT2D eigenvalue weighted by atomic mass is 10.1. The average Bonchev–Trinajstić information content (AvgIpc) is 2.92. The highest BCUT2D eigenvalue weighted by molar-refractivity contribution is 5.93. The predicted molar refractivity (Wildman–Crippen MR) is 69.1 cm³/mol. The van der Waals surface area contributed by atoms with Crippen molar-refractivity contribution in [2.24, 2.45) is 0 Å². The molecule has 1 heterocycles. The molecule has 0 aliphatic heterocycles. The van der Waals surface area contributed by atoms with E-state index in [1.165, 1.54) is 0 Å². The van der Waals surface area contributed by atoms with Gasteiger partial charge < -0.3 is 15.1 Å². The third-order valence-electron chi connectivity index (χ3n) is 2.65. The Kier molecular flexibility index (Phi) is 4.15. The Bertz CT molecular complexity index is 489. The van der Waals surface area contributed by atoms with E-state index in [1.807, 2.05) is 36.4 Å². The van der Waals surface area contributed by atoms with E-state index in [0.717, 1.165) is 17.9 Å². The minimum absolute atomic E-state index is 0.0647. The molecule has 0 saturated heterocycles. The third-order valence-corrected chi connectivity index (χ3v) is 2.65.